The highest BCUT2D eigenvalue weighted by Gasteiger charge is 2.41. The van der Waals surface area contributed by atoms with E-state index in [4.69, 9.17) is 0 Å². The molecule has 2 saturated carbocycles. The van der Waals surface area contributed by atoms with Gasteiger partial charge in [0, 0.05) is 12.8 Å². The van der Waals surface area contributed by atoms with Crippen molar-refractivity contribution in [2.75, 3.05) is 0 Å². The van der Waals surface area contributed by atoms with Crippen LogP contribution in [-0.2, 0) is 4.79 Å². The molecule has 0 bridgehead atoms. The van der Waals surface area contributed by atoms with E-state index in [0.717, 1.165) is 12.8 Å². The molecule has 2 fully saturated rings. The maximum atomic E-state index is 12.8. The van der Waals surface area contributed by atoms with Crippen molar-refractivity contribution in [3.8, 4) is 0 Å². The standard InChI is InChI=1S/C21H38O/c1-15-9-7-11-20(3,4)18(15)13-17(22)14-19-16(2)10-8-12-21(19,5)6/h15-16,18-19H,7-14H2,1-6H3/t15-,16-,18-,19-/m0/s1. The first-order valence-corrected chi connectivity index (χ1v) is 9.65. The third-order valence-electron chi connectivity index (χ3n) is 7.24. The van der Waals surface area contributed by atoms with Crippen LogP contribution in [0.1, 0.15) is 92.9 Å². The lowest BCUT2D eigenvalue weighted by molar-refractivity contribution is -0.125. The van der Waals surface area contributed by atoms with Gasteiger partial charge in [0.05, 0.1) is 0 Å². The second-order valence-corrected chi connectivity index (χ2v) is 9.88. The fourth-order valence-corrected chi connectivity index (χ4v) is 5.60. The Morgan fingerprint density at radius 3 is 1.50 bits per heavy atom. The molecule has 1 heteroatoms. The van der Waals surface area contributed by atoms with Crippen molar-refractivity contribution < 1.29 is 4.79 Å². The number of hydrogen-bond donors (Lipinski definition) is 0. The van der Waals surface area contributed by atoms with Crippen molar-refractivity contribution in [3.63, 3.8) is 0 Å². The van der Waals surface area contributed by atoms with E-state index in [-0.39, 0.29) is 0 Å². The highest BCUT2D eigenvalue weighted by Crippen LogP contribution is 2.48. The van der Waals surface area contributed by atoms with Gasteiger partial charge in [-0.1, -0.05) is 67.2 Å². The molecule has 128 valence electrons. The van der Waals surface area contributed by atoms with E-state index in [1.54, 1.807) is 0 Å². The molecule has 0 aromatic rings. The Morgan fingerprint density at radius 1 is 0.818 bits per heavy atom. The molecule has 2 rings (SSSR count). The molecule has 4 atom stereocenters. The lowest BCUT2D eigenvalue weighted by Gasteiger charge is -2.45. The minimum absolute atomic E-state index is 0.348. The Hall–Kier alpha value is -0.330. The first kappa shape index (κ1) is 18.0. The Morgan fingerprint density at radius 2 is 1.18 bits per heavy atom. The molecule has 0 radical (unpaired) electrons. The molecular weight excluding hydrogens is 268 g/mol. The van der Waals surface area contributed by atoms with Gasteiger partial charge in [0.15, 0.2) is 0 Å². The van der Waals surface area contributed by atoms with Gasteiger partial charge in [0.25, 0.3) is 0 Å². The molecular formula is C21H38O. The average Bonchev–Trinajstić information content (AvgIpc) is 2.38. The summed E-state index contributed by atoms with van der Waals surface area (Å²) < 4.78 is 0. The number of Topliss-reactive ketones (excluding diaryl/α,β-unsaturated/α-hetero) is 1. The third kappa shape index (κ3) is 3.95. The minimum Gasteiger partial charge on any atom is -0.300 e. The van der Waals surface area contributed by atoms with Crippen LogP contribution in [-0.4, -0.2) is 5.78 Å². The zero-order chi connectivity index (χ0) is 16.5. The molecule has 2 aliphatic carbocycles. The molecule has 22 heavy (non-hydrogen) atoms. The van der Waals surface area contributed by atoms with E-state index in [2.05, 4.69) is 41.5 Å². The Labute approximate surface area is 138 Å². The molecule has 0 N–H and O–H groups in total. The summed E-state index contributed by atoms with van der Waals surface area (Å²) in [7, 11) is 0. The zero-order valence-corrected chi connectivity index (χ0v) is 15.9. The lowest BCUT2D eigenvalue weighted by Crippen LogP contribution is -2.38. The van der Waals surface area contributed by atoms with Crippen LogP contribution in [0.4, 0.5) is 0 Å². The van der Waals surface area contributed by atoms with Gasteiger partial charge >= 0.3 is 0 Å². The lowest BCUT2D eigenvalue weighted by atomic mass is 9.60. The zero-order valence-electron chi connectivity index (χ0n) is 15.9. The molecule has 0 aromatic carbocycles. The molecule has 0 saturated heterocycles. The number of carbonyl (C=O) groups is 1. The summed E-state index contributed by atoms with van der Waals surface area (Å²) in [5, 5.41) is 0. The van der Waals surface area contributed by atoms with Gasteiger partial charge in [-0.05, 0) is 47.3 Å². The van der Waals surface area contributed by atoms with Gasteiger partial charge in [-0.2, -0.15) is 0 Å². The number of carbonyl (C=O) groups excluding carboxylic acids is 1. The number of rotatable bonds is 4. The van der Waals surface area contributed by atoms with Crippen LogP contribution in [0.3, 0.4) is 0 Å². The minimum atomic E-state index is 0.348. The van der Waals surface area contributed by atoms with Gasteiger partial charge < -0.3 is 0 Å². The summed E-state index contributed by atoms with van der Waals surface area (Å²) in [6.45, 7) is 14.3. The molecule has 0 aromatic heterocycles. The van der Waals surface area contributed by atoms with E-state index in [9.17, 15) is 4.79 Å². The van der Waals surface area contributed by atoms with Crippen molar-refractivity contribution in [2.45, 2.75) is 92.9 Å². The second kappa shape index (κ2) is 6.65. The summed E-state index contributed by atoms with van der Waals surface area (Å²) >= 11 is 0. The predicted octanol–water partition coefficient (Wildman–Crippen LogP) is 6.26. The fraction of sp³-hybridized carbons (Fsp3) is 0.952. The molecule has 0 spiro atoms. The summed E-state index contributed by atoms with van der Waals surface area (Å²) in [5.74, 6) is 3.15. The monoisotopic (exact) mass is 306 g/mol. The Bertz CT molecular complexity index is 357. The number of ketones is 1. The van der Waals surface area contributed by atoms with E-state index in [1.807, 2.05) is 0 Å². The summed E-state index contributed by atoms with van der Waals surface area (Å²) in [6.07, 6.45) is 9.54. The van der Waals surface area contributed by atoms with E-state index >= 15 is 0 Å². The van der Waals surface area contributed by atoms with Crippen molar-refractivity contribution in [2.24, 2.45) is 34.5 Å². The summed E-state index contributed by atoms with van der Waals surface area (Å²) in [6, 6.07) is 0. The van der Waals surface area contributed by atoms with Crippen molar-refractivity contribution in [3.05, 3.63) is 0 Å². The highest BCUT2D eigenvalue weighted by atomic mass is 16.1. The van der Waals surface area contributed by atoms with Gasteiger partial charge in [-0.3, -0.25) is 4.79 Å². The van der Waals surface area contributed by atoms with E-state index in [0.29, 0.717) is 40.3 Å². The number of hydrogen-bond acceptors (Lipinski definition) is 1. The maximum absolute atomic E-state index is 12.8. The summed E-state index contributed by atoms with van der Waals surface area (Å²) in [4.78, 5) is 12.8. The van der Waals surface area contributed by atoms with Crippen LogP contribution in [0.5, 0.6) is 0 Å². The summed E-state index contributed by atoms with van der Waals surface area (Å²) in [5.41, 5.74) is 0.696. The van der Waals surface area contributed by atoms with Crippen molar-refractivity contribution in [1.29, 1.82) is 0 Å². The first-order chi connectivity index (χ1) is 10.1. The highest BCUT2D eigenvalue weighted by molar-refractivity contribution is 5.79. The van der Waals surface area contributed by atoms with Crippen LogP contribution < -0.4 is 0 Å². The average molecular weight is 307 g/mol. The third-order valence-corrected chi connectivity index (χ3v) is 7.24. The van der Waals surface area contributed by atoms with Crippen molar-refractivity contribution in [1.82, 2.24) is 0 Å². The normalized spacial score (nSPS) is 37.7. The molecule has 0 heterocycles. The van der Waals surface area contributed by atoms with Crippen LogP contribution in [0.25, 0.3) is 0 Å². The second-order valence-electron chi connectivity index (χ2n) is 9.88. The molecule has 0 unspecified atom stereocenters. The largest absolute Gasteiger partial charge is 0.300 e. The molecule has 1 nitrogen and oxygen atoms in total. The van der Waals surface area contributed by atoms with Gasteiger partial charge in [0.2, 0.25) is 0 Å². The molecule has 0 aliphatic heterocycles. The van der Waals surface area contributed by atoms with Crippen LogP contribution in [0, 0.1) is 34.5 Å². The van der Waals surface area contributed by atoms with E-state index in [1.165, 1.54) is 38.5 Å². The van der Waals surface area contributed by atoms with Gasteiger partial charge in [0.1, 0.15) is 5.78 Å². The maximum Gasteiger partial charge on any atom is 0.133 e. The Balaban J connectivity index is 1.99. The van der Waals surface area contributed by atoms with Crippen LogP contribution in [0.2, 0.25) is 0 Å². The van der Waals surface area contributed by atoms with Crippen LogP contribution in [0.15, 0.2) is 0 Å². The fourth-order valence-electron chi connectivity index (χ4n) is 5.60. The van der Waals surface area contributed by atoms with Crippen LogP contribution >= 0.6 is 0 Å². The molecule has 0 amide bonds. The topological polar surface area (TPSA) is 17.1 Å². The Kier molecular flexibility index (Phi) is 5.45. The SMILES string of the molecule is C[C@H]1CCCC(C)(C)[C@H]1CC(=O)C[C@H]1[C@@H](C)CCCC1(C)C. The van der Waals surface area contributed by atoms with Crippen molar-refractivity contribution >= 4 is 5.78 Å². The first-order valence-electron chi connectivity index (χ1n) is 9.65. The van der Waals surface area contributed by atoms with Gasteiger partial charge in [-0.15, -0.1) is 0 Å². The quantitative estimate of drug-likeness (QED) is 0.599. The molecule has 2 aliphatic rings. The van der Waals surface area contributed by atoms with E-state index < -0.39 is 0 Å². The smallest absolute Gasteiger partial charge is 0.133 e. The predicted molar refractivity (Wildman–Crippen MR) is 94.8 cm³/mol. The van der Waals surface area contributed by atoms with Gasteiger partial charge in [-0.25, -0.2) is 0 Å².